The molecule has 0 aromatic heterocycles. The average molecular weight is 1710 g/mol. The fraction of sp³-hybridized carbons (Fsp3) is 0.529. The standard InChI is InChI=1S/C87H113N11O25/c1-55-44-71-85(111)98-70-50-73(56(2)45-65(70)84(110)96(71)51-55)120-35-13-36-121-75-49-69-66(47-74(75)114-5)83(109)95-31-11-14-63(95)52-97(69)86(112)122-53-59-19-23-62(24-20-59)92-82(108)68(48-79(104)105)94-81(107)67(16-7-8-29-88)93-78(103)28-38-117-40-42-119-43-41-118-39-30-89-76(101)26-25-64(99)15-12-34-115-32-9-6-10-33-116-37-27-77(102)90-58(4)72(100)46-57(3)80(106)91-61-21-17-60(18-22-61)54-123-87(98)113/h17-24,45,47,49-50,57-58,63,67-68,71,85,111H,1,6-16,27-44,46,48,51-54,88H2,2-5H3,(H,89,101)(H,90,102)(H,91,106)(H,92,108)(H,93,103)(H,94,107)(H,104,105)/t57-,58+,63+,67+,68+,71+,85?/m1/s1. The van der Waals surface area contributed by atoms with E-state index < -0.39 is 102 Å². The number of aliphatic hydroxyl groups is 1. The van der Waals surface area contributed by atoms with E-state index in [-0.39, 0.29) is 206 Å². The van der Waals surface area contributed by atoms with Crippen LogP contribution in [0.2, 0.25) is 0 Å². The molecule has 123 heavy (non-hydrogen) atoms. The van der Waals surface area contributed by atoms with E-state index in [1.165, 1.54) is 47.2 Å². The quantitative estimate of drug-likeness (QED) is 0.0448. The zero-order valence-corrected chi connectivity index (χ0v) is 70.1. The van der Waals surface area contributed by atoms with Gasteiger partial charge in [-0.3, -0.25) is 57.6 Å². The second kappa shape index (κ2) is 48.9. The molecule has 7 heterocycles. The number of benzene rings is 4. The van der Waals surface area contributed by atoms with Crippen LogP contribution in [0.5, 0.6) is 17.2 Å². The van der Waals surface area contributed by atoms with Gasteiger partial charge in [-0.25, -0.2) is 14.5 Å². The molecule has 36 heteroatoms. The van der Waals surface area contributed by atoms with Crippen molar-refractivity contribution in [3.8, 4) is 29.1 Å². The van der Waals surface area contributed by atoms with Crippen molar-refractivity contribution in [3.05, 3.63) is 113 Å². The predicted molar refractivity (Wildman–Crippen MR) is 446 cm³/mol. The van der Waals surface area contributed by atoms with Crippen molar-refractivity contribution in [3.63, 3.8) is 0 Å². The molecule has 1 unspecified atom stereocenters. The maximum atomic E-state index is 14.4. The van der Waals surface area contributed by atoms with Gasteiger partial charge in [0.25, 0.3) is 17.7 Å². The Labute approximate surface area is 713 Å². The molecule has 0 saturated carbocycles. The second-order valence-corrected chi connectivity index (χ2v) is 30.4. The molecule has 8 bridgehead atoms. The van der Waals surface area contributed by atoms with Gasteiger partial charge in [0, 0.05) is 113 Å². The number of methoxy groups -OCH3 is 1. The van der Waals surface area contributed by atoms with Crippen LogP contribution in [0.25, 0.3) is 0 Å². The number of carboxylic acid groups (broad SMARTS) is 1. The summed E-state index contributed by atoms with van der Waals surface area (Å²) in [6, 6.07) is 13.8. The molecule has 7 atom stereocenters. The van der Waals surface area contributed by atoms with Gasteiger partial charge in [0.05, 0.1) is 114 Å². The molecule has 7 aliphatic heterocycles. The number of ether oxygens (including phenoxy) is 10. The van der Waals surface area contributed by atoms with Crippen LogP contribution in [-0.2, 0) is 89.5 Å². The number of rotatable bonds is 7. The Morgan fingerprint density at radius 3 is 1.85 bits per heavy atom. The smallest absolute Gasteiger partial charge is 0.416 e. The Bertz CT molecular complexity index is 4440. The lowest BCUT2D eigenvalue weighted by Gasteiger charge is -2.31. The van der Waals surface area contributed by atoms with Gasteiger partial charge in [-0.1, -0.05) is 43.3 Å². The highest BCUT2D eigenvalue weighted by Gasteiger charge is 2.47. The molecule has 2 fully saturated rings. The number of carbonyl (C=O) groups is 13. The lowest BCUT2D eigenvalue weighted by Crippen LogP contribution is -2.53. The summed E-state index contributed by atoms with van der Waals surface area (Å²) in [6.07, 6.45) is 1.10. The van der Waals surface area contributed by atoms with Crippen molar-refractivity contribution in [2.24, 2.45) is 11.7 Å². The summed E-state index contributed by atoms with van der Waals surface area (Å²) in [5, 5.41) is 37.7. The van der Waals surface area contributed by atoms with Gasteiger partial charge in [0.2, 0.25) is 35.3 Å². The van der Waals surface area contributed by atoms with E-state index in [0.29, 0.717) is 99.4 Å². The van der Waals surface area contributed by atoms with E-state index in [0.717, 1.165) is 17.7 Å². The SMILES string of the molecule is C=C1C[C@H]2C(O)N3C(=O)OCc4ccc(cc4)NC(=O)[C@H](C)CC(=O)[C@H](C)NC(=O)CCOCCCCCOCCCC(=O)C#CC(=O)NCCOCCOCCOCCC(=O)N[C@@H](CCCCN)C(=O)N[C@@H](CC(=O)O)C(=O)Nc4ccc(cc4)COC(=O)N4C[C@@H]5CCCN5C(=O)c5cc(OC)c(cc54)OCCCOc4cc3c(cc4C)C(=O)N2C1. The first-order valence-corrected chi connectivity index (χ1v) is 41.6. The summed E-state index contributed by atoms with van der Waals surface area (Å²) in [7, 11) is 1.41. The summed E-state index contributed by atoms with van der Waals surface area (Å²) in [6.45, 7) is 11.6. The molecule has 0 radical (unpaired) electrons. The van der Waals surface area contributed by atoms with Crippen LogP contribution in [0.1, 0.15) is 154 Å². The molecule has 0 spiro atoms. The maximum absolute atomic E-state index is 14.4. The zero-order valence-electron chi connectivity index (χ0n) is 70.1. The Morgan fingerprint density at radius 1 is 0.593 bits per heavy atom. The molecule has 666 valence electrons. The average Bonchev–Trinajstić information content (AvgIpc) is 1.63. The van der Waals surface area contributed by atoms with Crippen LogP contribution in [-0.4, -0.2) is 253 Å². The van der Waals surface area contributed by atoms with Crippen molar-refractivity contribution in [1.82, 2.24) is 31.1 Å². The second-order valence-electron chi connectivity index (χ2n) is 30.4. The van der Waals surface area contributed by atoms with Crippen LogP contribution in [0, 0.1) is 24.7 Å². The minimum atomic E-state index is -1.59. The fourth-order valence-electron chi connectivity index (χ4n) is 14.2. The van der Waals surface area contributed by atoms with E-state index in [4.69, 9.17) is 53.1 Å². The number of hydrogen-bond acceptors (Lipinski definition) is 25. The first-order valence-electron chi connectivity index (χ1n) is 41.6. The summed E-state index contributed by atoms with van der Waals surface area (Å²) < 4.78 is 58.0. The minimum Gasteiger partial charge on any atom is -0.493 e. The Kier molecular flexibility index (Phi) is 37.9. The number of carbonyl (C=O) groups excluding carboxylic acids is 12. The number of carboxylic acids is 1. The summed E-state index contributed by atoms with van der Waals surface area (Å²) >= 11 is 0. The molecule has 4 aromatic rings. The van der Waals surface area contributed by atoms with Crippen LogP contribution >= 0.6 is 0 Å². The molecule has 10 amide bonds. The van der Waals surface area contributed by atoms with Crippen LogP contribution < -0.4 is 61.6 Å². The van der Waals surface area contributed by atoms with E-state index in [9.17, 15) is 72.5 Å². The van der Waals surface area contributed by atoms with Gasteiger partial charge in [-0.2, -0.15) is 0 Å². The number of nitrogens with two attached hydrogens (primary N) is 1. The fourth-order valence-corrected chi connectivity index (χ4v) is 14.2. The van der Waals surface area contributed by atoms with Crippen molar-refractivity contribution >= 4 is 99.7 Å². The van der Waals surface area contributed by atoms with E-state index in [1.54, 1.807) is 68.1 Å². The number of hydrogen-bond donors (Lipinski definition) is 9. The van der Waals surface area contributed by atoms with Crippen molar-refractivity contribution < 1.29 is 120 Å². The third-order valence-corrected chi connectivity index (χ3v) is 20.9. The number of anilines is 4. The molecule has 11 rings (SSSR count). The van der Waals surface area contributed by atoms with Gasteiger partial charge in [-0.05, 0) is 144 Å². The normalized spacial score (nSPS) is 23.0. The van der Waals surface area contributed by atoms with E-state index in [2.05, 4.69) is 50.3 Å². The highest BCUT2D eigenvalue weighted by molar-refractivity contribution is 6.08. The van der Waals surface area contributed by atoms with Gasteiger partial charge < -0.3 is 105 Å². The van der Waals surface area contributed by atoms with Gasteiger partial charge in [0.15, 0.2) is 23.5 Å². The molecule has 10 N–H and O–H groups in total. The highest BCUT2D eigenvalue weighted by Crippen LogP contribution is 2.42. The summed E-state index contributed by atoms with van der Waals surface area (Å²) in [5.74, 6) is -2.15. The zero-order chi connectivity index (χ0) is 88.3. The van der Waals surface area contributed by atoms with Gasteiger partial charge in [0.1, 0.15) is 31.0 Å². The van der Waals surface area contributed by atoms with Gasteiger partial charge in [-0.15, -0.1) is 0 Å². The third kappa shape index (κ3) is 29.3. The number of amides is 10. The third-order valence-electron chi connectivity index (χ3n) is 20.9. The molecule has 7 aliphatic rings. The predicted octanol–water partition coefficient (Wildman–Crippen LogP) is 5.93. The van der Waals surface area contributed by atoms with E-state index in [1.807, 2.05) is 0 Å². The number of fused-ring (bicyclic) bond motifs is 4. The Balaban J connectivity index is 0.831. The Hall–Kier alpha value is -11.6. The highest BCUT2D eigenvalue weighted by atomic mass is 16.6. The number of aliphatic carboxylic acids is 1. The lowest BCUT2D eigenvalue weighted by molar-refractivity contribution is -0.140. The van der Waals surface area contributed by atoms with E-state index >= 15 is 0 Å². The first-order chi connectivity index (χ1) is 59.3. The van der Waals surface area contributed by atoms with Crippen LogP contribution in [0.3, 0.4) is 0 Å². The maximum Gasteiger partial charge on any atom is 0.416 e. The Morgan fingerprint density at radius 2 is 1.19 bits per heavy atom. The monoisotopic (exact) mass is 1710 g/mol. The summed E-state index contributed by atoms with van der Waals surface area (Å²) in [4.78, 5) is 180. The molecule has 4 aromatic carbocycles. The number of aliphatic hydroxyl groups excluding tert-OH is 1. The number of unbranched alkanes of at least 4 members (excludes halogenated alkanes) is 1. The number of aryl methyl sites for hydroxylation is 1. The summed E-state index contributed by atoms with van der Waals surface area (Å²) in [5.41, 5.74) is 9.00. The number of Topliss-reactive ketones (excluding diaryl/α,β-unsaturated/α-hetero) is 2. The topological polar surface area (TPSA) is 466 Å². The van der Waals surface area contributed by atoms with Gasteiger partial charge >= 0.3 is 18.2 Å². The first kappa shape index (κ1) is 95.2. The number of ketones is 2. The molecule has 2 saturated heterocycles. The molecular weight excluding hydrogens is 1600 g/mol. The van der Waals surface area contributed by atoms with Crippen LogP contribution in [0.15, 0.2) is 84.9 Å². The van der Waals surface area contributed by atoms with Crippen LogP contribution in [0.4, 0.5) is 32.3 Å². The lowest BCUT2D eigenvalue weighted by atomic mass is 10.00. The van der Waals surface area contributed by atoms with Crippen molar-refractivity contribution in [2.75, 3.05) is 140 Å². The number of nitrogens with zero attached hydrogens (tertiary/aromatic N) is 4. The molecular formula is C87H113N11O25. The molecule has 36 nitrogen and oxygen atoms in total. The molecule has 0 aliphatic carbocycles. The largest absolute Gasteiger partial charge is 0.493 e. The number of nitrogens with one attached hydrogen (secondary N) is 6. The van der Waals surface area contributed by atoms with Crippen molar-refractivity contribution in [2.45, 2.75) is 173 Å². The van der Waals surface area contributed by atoms with Crippen molar-refractivity contribution in [1.29, 1.82) is 0 Å². The minimum absolute atomic E-state index is 0.0153.